The molecule has 0 heterocycles. The molecule has 6 nitrogen and oxygen atoms in total. The van der Waals surface area contributed by atoms with Gasteiger partial charge in [-0.1, -0.05) is 29.8 Å². The highest BCUT2D eigenvalue weighted by Crippen LogP contribution is 2.27. The van der Waals surface area contributed by atoms with E-state index in [2.05, 4.69) is 10.0 Å². The van der Waals surface area contributed by atoms with E-state index in [0.29, 0.717) is 5.69 Å². The predicted octanol–water partition coefficient (Wildman–Crippen LogP) is 5.18. The van der Waals surface area contributed by atoms with Crippen molar-refractivity contribution in [3.63, 3.8) is 0 Å². The zero-order valence-corrected chi connectivity index (χ0v) is 20.6. The topological polar surface area (TPSA) is 84.5 Å². The number of anilines is 1. The van der Waals surface area contributed by atoms with Crippen LogP contribution < -0.4 is 14.8 Å². The minimum Gasteiger partial charge on any atom is -0.492 e. The molecule has 33 heavy (non-hydrogen) atoms. The lowest BCUT2D eigenvalue weighted by Gasteiger charge is -2.14. The summed E-state index contributed by atoms with van der Waals surface area (Å²) >= 11 is 6.17. The van der Waals surface area contributed by atoms with E-state index in [4.69, 9.17) is 16.3 Å². The minimum atomic E-state index is -3.99. The number of hydrogen-bond donors (Lipinski definition) is 2. The van der Waals surface area contributed by atoms with Crippen LogP contribution in [-0.4, -0.2) is 27.5 Å². The van der Waals surface area contributed by atoms with Crippen LogP contribution in [0.4, 0.5) is 5.69 Å². The highest BCUT2D eigenvalue weighted by atomic mass is 35.5. The van der Waals surface area contributed by atoms with Crippen molar-refractivity contribution >= 4 is 33.2 Å². The molecule has 1 amide bonds. The molecule has 0 unspecified atom stereocenters. The summed E-state index contributed by atoms with van der Waals surface area (Å²) < 4.78 is 34.2. The molecule has 0 aliphatic carbocycles. The average molecular weight is 487 g/mol. The van der Waals surface area contributed by atoms with Crippen LogP contribution in [0.3, 0.4) is 0 Å². The van der Waals surface area contributed by atoms with E-state index in [-0.39, 0.29) is 28.6 Å². The molecule has 0 saturated heterocycles. The maximum absolute atomic E-state index is 13.0. The van der Waals surface area contributed by atoms with E-state index >= 15 is 0 Å². The van der Waals surface area contributed by atoms with E-state index < -0.39 is 15.9 Å². The lowest BCUT2D eigenvalue weighted by atomic mass is 10.1. The quantitative estimate of drug-likeness (QED) is 0.429. The van der Waals surface area contributed by atoms with Gasteiger partial charge in [0.25, 0.3) is 15.9 Å². The summed E-state index contributed by atoms with van der Waals surface area (Å²) in [5.74, 6) is 0.309. The molecule has 174 valence electrons. The van der Waals surface area contributed by atoms with Gasteiger partial charge in [0.1, 0.15) is 17.3 Å². The lowest BCUT2D eigenvalue weighted by Crippen LogP contribution is -2.28. The molecule has 3 rings (SSSR count). The second kappa shape index (κ2) is 10.3. The first-order valence-electron chi connectivity index (χ1n) is 10.4. The highest BCUT2D eigenvalue weighted by Gasteiger charge is 2.21. The Hall–Kier alpha value is -3.03. The smallest absolute Gasteiger partial charge is 0.263 e. The Morgan fingerprint density at radius 2 is 1.64 bits per heavy atom. The second-order valence-electron chi connectivity index (χ2n) is 7.92. The number of nitrogens with one attached hydrogen (secondary N) is 2. The maximum Gasteiger partial charge on any atom is 0.263 e. The van der Waals surface area contributed by atoms with Crippen molar-refractivity contribution in [1.82, 2.24) is 5.32 Å². The van der Waals surface area contributed by atoms with Gasteiger partial charge in [0, 0.05) is 5.56 Å². The Labute approximate surface area is 200 Å². The third-order valence-electron chi connectivity index (χ3n) is 5.26. The average Bonchev–Trinajstić information content (AvgIpc) is 2.76. The standard InChI is InChI=1S/C25H27ClN2O4S/c1-16-5-6-18(3)23(13-16)28-33(30,31)24-15-20(8-10-22(24)26)25(29)27-11-12-32-21-9-7-17(2)19(4)14-21/h5-10,13-15,28H,11-12H2,1-4H3,(H,27,29). The van der Waals surface area contributed by atoms with E-state index in [1.165, 1.54) is 23.8 Å². The van der Waals surface area contributed by atoms with Crippen molar-refractivity contribution in [3.05, 3.63) is 87.4 Å². The first-order chi connectivity index (χ1) is 15.6. The van der Waals surface area contributed by atoms with Crippen molar-refractivity contribution in [2.75, 3.05) is 17.9 Å². The number of carbonyl (C=O) groups excluding carboxylic acids is 1. The molecule has 0 radical (unpaired) electrons. The molecular formula is C25H27ClN2O4S. The zero-order chi connectivity index (χ0) is 24.2. The molecule has 0 saturated carbocycles. The van der Waals surface area contributed by atoms with Crippen molar-refractivity contribution < 1.29 is 17.9 Å². The molecule has 0 spiro atoms. The fourth-order valence-corrected chi connectivity index (χ4v) is 4.78. The third-order valence-corrected chi connectivity index (χ3v) is 7.10. The van der Waals surface area contributed by atoms with E-state index in [1.54, 1.807) is 6.07 Å². The number of rotatable bonds is 8. The number of carbonyl (C=O) groups is 1. The van der Waals surface area contributed by atoms with Crippen LogP contribution in [0.25, 0.3) is 0 Å². The van der Waals surface area contributed by atoms with Crippen LogP contribution in [0.5, 0.6) is 5.75 Å². The molecule has 8 heteroatoms. The van der Waals surface area contributed by atoms with Gasteiger partial charge < -0.3 is 10.1 Å². The van der Waals surface area contributed by atoms with Gasteiger partial charge in [-0.25, -0.2) is 8.42 Å². The van der Waals surface area contributed by atoms with E-state index in [9.17, 15) is 13.2 Å². The van der Waals surface area contributed by atoms with Crippen LogP contribution >= 0.6 is 11.6 Å². The Balaban J connectivity index is 1.67. The fourth-order valence-electron chi connectivity index (χ4n) is 3.14. The van der Waals surface area contributed by atoms with Crippen LogP contribution in [-0.2, 0) is 10.0 Å². The Morgan fingerprint density at radius 1 is 0.909 bits per heavy atom. The van der Waals surface area contributed by atoms with Crippen molar-refractivity contribution in [2.45, 2.75) is 32.6 Å². The molecule has 0 bridgehead atoms. The number of amides is 1. The van der Waals surface area contributed by atoms with Gasteiger partial charge in [-0.3, -0.25) is 9.52 Å². The van der Waals surface area contributed by atoms with Crippen LogP contribution in [0.1, 0.15) is 32.6 Å². The molecule has 0 atom stereocenters. The van der Waals surface area contributed by atoms with Gasteiger partial charge >= 0.3 is 0 Å². The van der Waals surface area contributed by atoms with Gasteiger partial charge in [-0.05, 0) is 86.3 Å². The molecule has 3 aromatic rings. The normalized spacial score (nSPS) is 11.2. The number of aryl methyl sites for hydroxylation is 4. The molecule has 3 aromatic carbocycles. The lowest BCUT2D eigenvalue weighted by molar-refractivity contribution is 0.0947. The number of benzene rings is 3. The van der Waals surface area contributed by atoms with Crippen LogP contribution in [0.15, 0.2) is 59.5 Å². The van der Waals surface area contributed by atoms with Crippen LogP contribution in [0.2, 0.25) is 5.02 Å². The molecular weight excluding hydrogens is 460 g/mol. The monoisotopic (exact) mass is 486 g/mol. The number of sulfonamides is 1. The molecule has 0 aliphatic rings. The summed E-state index contributed by atoms with van der Waals surface area (Å²) in [5.41, 5.74) is 4.65. The summed E-state index contributed by atoms with van der Waals surface area (Å²) in [7, 11) is -3.99. The van der Waals surface area contributed by atoms with Crippen LogP contribution in [0, 0.1) is 27.7 Å². The minimum absolute atomic E-state index is 0.0300. The van der Waals surface area contributed by atoms with Gasteiger partial charge in [0.05, 0.1) is 17.3 Å². The number of ether oxygens (including phenoxy) is 1. The van der Waals surface area contributed by atoms with Crippen molar-refractivity contribution in [2.24, 2.45) is 0 Å². The Kier molecular flexibility index (Phi) is 7.66. The summed E-state index contributed by atoms with van der Waals surface area (Å²) in [6, 6.07) is 15.4. The van der Waals surface area contributed by atoms with Gasteiger partial charge in [-0.15, -0.1) is 0 Å². The summed E-state index contributed by atoms with van der Waals surface area (Å²) in [5, 5.41) is 2.77. The van der Waals surface area contributed by atoms with E-state index in [1.807, 2.05) is 58.0 Å². The Morgan fingerprint density at radius 3 is 2.36 bits per heavy atom. The third kappa shape index (κ3) is 6.27. The number of hydrogen-bond acceptors (Lipinski definition) is 4. The van der Waals surface area contributed by atoms with Crippen molar-refractivity contribution in [1.29, 1.82) is 0 Å². The van der Waals surface area contributed by atoms with Crippen molar-refractivity contribution in [3.8, 4) is 5.75 Å². The molecule has 0 aromatic heterocycles. The zero-order valence-electron chi connectivity index (χ0n) is 19.0. The summed E-state index contributed by atoms with van der Waals surface area (Å²) in [4.78, 5) is 12.4. The first kappa shape index (κ1) is 24.6. The Bertz CT molecular complexity index is 1290. The second-order valence-corrected chi connectivity index (χ2v) is 9.98. The van der Waals surface area contributed by atoms with Gasteiger partial charge in [0.2, 0.25) is 0 Å². The largest absolute Gasteiger partial charge is 0.492 e. The van der Waals surface area contributed by atoms with E-state index in [0.717, 1.165) is 22.4 Å². The maximum atomic E-state index is 13.0. The molecule has 0 fully saturated rings. The van der Waals surface area contributed by atoms with Gasteiger partial charge in [-0.2, -0.15) is 0 Å². The summed E-state index contributed by atoms with van der Waals surface area (Å²) in [6.45, 7) is 8.25. The highest BCUT2D eigenvalue weighted by molar-refractivity contribution is 7.92. The molecule has 0 aliphatic heterocycles. The first-order valence-corrected chi connectivity index (χ1v) is 12.3. The SMILES string of the molecule is Cc1ccc(C)c(NS(=O)(=O)c2cc(C(=O)NCCOc3ccc(C)c(C)c3)ccc2Cl)c1. The number of halogens is 1. The molecule has 2 N–H and O–H groups in total. The predicted molar refractivity (Wildman–Crippen MR) is 132 cm³/mol. The fraction of sp³-hybridized carbons (Fsp3) is 0.240. The van der Waals surface area contributed by atoms with Gasteiger partial charge in [0.15, 0.2) is 0 Å². The summed E-state index contributed by atoms with van der Waals surface area (Å²) in [6.07, 6.45) is 0.